The van der Waals surface area contributed by atoms with Crippen molar-refractivity contribution in [1.29, 1.82) is 0 Å². The highest BCUT2D eigenvalue weighted by molar-refractivity contribution is 5.95. The summed E-state index contributed by atoms with van der Waals surface area (Å²) in [4.78, 5) is 11.9. The Kier molecular flexibility index (Phi) is 4.94. The molecule has 17 heavy (non-hydrogen) atoms. The molecule has 0 bridgehead atoms. The van der Waals surface area contributed by atoms with Crippen molar-refractivity contribution in [2.75, 3.05) is 5.73 Å². The number of halogens is 1. The van der Waals surface area contributed by atoms with E-state index in [1.165, 1.54) is 18.2 Å². The van der Waals surface area contributed by atoms with E-state index in [0.717, 1.165) is 19.3 Å². The zero-order chi connectivity index (χ0) is 12.8. The Bertz CT molecular complexity index is 393. The first-order chi connectivity index (χ1) is 8.08. The van der Waals surface area contributed by atoms with Crippen molar-refractivity contribution in [2.24, 2.45) is 0 Å². The molecule has 4 heteroatoms. The van der Waals surface area contributed by atoms with Crippen LogP contribution in [0.4, 0.5) is 10.1 Å². The summed E-state index contributed by atoms with van der Waals surface area (Å²) in [6.45, 7) is 4.05. The molecular weight excluding hydrogens is 219 g/mol. The molecule has 0 radical (unpaired) electrons. The van der Waals surface area contributed by atoms with Crippen molar-refractivity contribution in [3.05, 3.63) is 29.6 Å². The second-order valence-electron chi connectivity index (χ2n) is 4.11. The highest BCUT2D eigenvalue weighted by Gasteiger charge is 2.15. The normalized spacial score (nSPS) is 12.2. The molecule has 1 amide bonds. The van der Waals surface area contributed by atoms with Gasteiger partial charge >= 0.3 is 0 Å². The number of amides is 1. The number of anilines is 1. The number of nitrogens with one attached hydrogen (secondary N) is 1. The third kappa shape index (κ3) is 3.73. The molecule has 0 aliphatic rings. The fraction of sp³-hybridized carbons (Fsp3) is 0.462. The molecule has 94 valence electrons. The molecule has 0 aromatic heterocycles. The van der Waals surface area contributed by atoms with E-state index in [1.54, 1.807) is 0 Å². The first-order valence-electron chi connectivity index (χ1n) is 5.94. The van der Waals surface area contributed by atoms with E-state index < -0.39 is 11.7 Å². The molecule has 3 nitrogen and oxygen atoms in total. The summed E-state index contributed by atoms with van der Waals surface area (Å²) in [5.41, 5.74) is 5.94. The summed E-state index contributed by atoms with van der Waals surface area (Å²) in [5, 5.41) is 2.82. The van der Waals surface area contributed by atoms with Gasteiger partial charge in [-0.2, -0.15) is 0 Å². The first-order valence-corrected chi connectivity index (χ1v) is 5.94. The third-order valence-corrected chi connectivity index (χ3v) is 2.70. The van der Waals surface area contributed by atoms with E-state index in [9.17, 15) is 9.18 Å². The number of hydrogen-bond donors (Lipinski definition) is 2. The number of nitrogens with two attached hydrogens (primary N) is 1. The molecule has 3 N–H and O–H groups in total. The van der Waals surface area contributed by atoms with Crippen LogP contribution in [-0.4, -0.2) is 11.9 Å². The molecule has 1 aromatic rings. The minimum absolute atomic E-state index is 0.0135. The molecule has 1 atom stereocenters. The third-order valence-electron chi connectivity index (χ3n) is 2.70. The number of hydrogen-bond acceptors (Lipinski definition) is 2. The monoisotopic (exact) mass is 238 g/mol. The summed E-state index contributed by atoms with van der Waals surface area (Å²) in [7, 11) is 0. The summed E-state index contributed by atoms with van der Waals surface area (Å²) < 4.78 is 13.4. The van der Waals surface area contributed by atoms with Gasteiger partial charge in [-0.3, -0.25) is 4.79 Å². The average molecular weight is 238 g/mol. The van der Waals surface area contributed by atoms with Crippen LogP contribution in [0.15, 0.2) is 18.2 Å². The predicted octanol–water partition coefficient (Wildman–Crippen LogP) is 2.72. The van der Waals surface area contributed by atoms with Gasteiger partial charge in [0.05, 0.1) is 5.56 Å². The van der Waals surface area contributed by atoms with Gasteiger partial charge in [-0.25, -0.2) is 4.39 Å². The summed E-state index contributed by atoms with van der Waals surface area (Å²) >= 11 is 0. The van der Waals surface area contributed by atoms with E-state index >= 15 is 0 Å². The van der Waals surface area contributed by atoms with E-state index in [4.69, 9.17) is 5.73 Å². The molecule has 0 heterocycles. The van der Waals surface area contributed by atoms with Crippen molar-refractivity contribution < 1.29 is 9.18 Å². The molecule has 0 saturated carbocycles. The van der Waals surface area contributed by atoms with Gasteiger partial charge in [0.25, 0.3) is 5.91 Å². The number of benzene rings is 1. The second-order valence-corrected chi connectivity index (χ2v) is 4.11. The van der Waals surface area contributed by atoms with Crippen molar-refractivity contribution in [2.45, 2.75) is 39.2 Å². The molecule has 1 rings (SSSR count). The average Bonchev–Trinajstić information content (AvgIpc) is 2.31. The lowest BCUT2D eigenvalue weighted by atomic mass is 10.1. The Morgan fingerprint density at radius 2 is 2.18 bits per heavy atom. The van der Waals surface area contributed by atoms with Crippen LogP contribution in [0.25, 0.3) is 0 Å². The number of carbonyl (C=O) groups excluding carboxylic acids is 1. The molecule has 0 saturated heterocycles. The van der Waals surface area contributed by atoms with E-state index in [-0.39, 0.29) is 11.6 Å². The zero-order valence-electron chi connectivity index (χ0n) is 10.3. The van der Waals surface area contributed by atoms with Gasteiger partial charge in [0.1, 0.15) is 5.82 Å². The summed E-state index contributed by atoms with van der Waals surface area (Å²) in [6, 6.07) is 4.11. The SMILES string of the molecule is CCCC(CC)NC(=O)c1cc(N)ccc1F. The highest BCUT2D eigenvalue weighted by atomic mass is 19.1. The smallest absolute Gasteiger partial charge is 0.254 e. The van der Waals surface area contributed by atoms with E-state index in [2.05, 4.69) is 12.2 Å². The number of carbonyl (C=O) groups is 1. The van der Waals surface area contributed by atoms with Gasteiger partial charge in [-0.05, 0) is 31.0 Å². The van der Waals surface area contributed by atoms with Crippen LogP contribution in [0.3, 0.4) is 0 Å². The Labute approximate surface area is 101 Å². The highest BCUT2D eigenvalue weighted by Crippen LogP contribution is 2.13. The Morgan fingerprint density at radius 3 is 2.76 bits per heavy atom. The molecule has 0 aliphatic heterocycles. The molecule has 0 spiro atoms. The van der Waals surface area contributed by atoms with E-state index in [0.29, 0.717) is 5.69 Å². The van der Waals surface area contributed by atoms with Crippen LogP contribution in [-0.2, 0) is 0 Å². The minimum atomic E-state index is -0.539. The van der Waals surface area contributed by atoms with Crippen molar-refractivity contribution in [3.8, 4) is 0 Å². The maximum atomic E-state index is 13.4. The second kappa shape index (κ2) is 6.23. The van der Waals surface area contributed by atoms with Crippen LogP contribution < -0.4 is 11.1 Å². The topological polar surface area (TPSA) is 55.1 Å². The molecular formula is C13H19FN2O. The van der Waals surface area contributed by atoms with Gasteiger partial charge in [0.2, 0.25) is 0 Å². The van der Waals surface area contributed by atoms with Crippen molar-refractivity contribution in [3.63, 3.8) is 0 Å². The lowest BCUT2D eigenvalue weighted by molar-refractivity contribution is 0.0929. The van der Waals surface area contributed by atoms with Gasteiger partial charge in [-0.15, -0.1) is 0 Å². The van der Waals surface area contributed by atoms with Crippen LogP contribution >= 0.6 is 0 Å². The van der Waals surface area contributed by atoms with Gasteiger partial charge in [0.15, 0.2) is 0 Å². The fourth-order valence-electron chi connectivity index (χ4n) is 1.71. The zero-order valence-corrected chi connectivity index (χ0v) is 10.3. The lowest BCUT2D eigenvalue weighted by Gasteiger charge is -2.16. The van der Waals surface area contributed by atoms with E-state index in [1.807, 2.05) is 6.92 Å². The van der Waals surface area contributed by atoms with Gasteiger partial charge in [-0.1, -0.05) is 20.3 Å². The van der Waals surface area contributed by atoms with Crippen LogP contribution in [0.2, 0.25) is 0 Å². The van der Waals surface area contributed by atoms with Crippen molar-refractivity contribution >= 4 is 11.6 Å². The van der Waals surface area contributed by atoms with Gasteiger partial charge in [0, 0.05) is 11.7 Å². The molecule has 0 fully saturated rings. The maximum Gasteiger partial charge on any atom is 0.254 e. The summed E-state index contributed by atoms with van der Waals surface area (Å²) in [5.74, 6) is -0.932. The van der Waals surface area contributed by atoms with Gasteiger partial charge < -0.3 is 11.1 Å². The molecule has 1 unspecified atom stereocenters. The Morgan fingerprint density at radius 1 is 1.47 bits per heavy atom. The molecule has 0 aliphatic carbocycles. The van der Waals surface area contributed by atoms with Crippen LogP contribution in [0.1, 0.15) is 43.5 Å². The number of rotatable bonds is 5. The Hall–Kier alpha value is -1.58. The number of nitrogen functional groups attached to an aromatic ring is 1. The lowest BCUT2D eigenvalue weighted by Crippen LogP contribution is -2.34. The Balaban J connectivity index is 2.78. The standard InChI is InChI=1S/C13H19FN2O/c1-3-5-10(4-2)16-13(17)11-8-9(15)6-7-12(11)14/h6-8,10H,3-5,15H2,1-2H3,(H,16,17). The van der Waals surface area contributed by atoms with Crippen LogP contribution in [0, 0.1) is 5.82 Å². The fourth-order valence-corrected chi connectivity index (χ4v) is 1.71. The minimum Gasteiger partial charge on any atom is -0.399 e. The largest absolute Gasteiger partial charge is 0.399 e. The predicted molar refractivity (Wildman–Crippen MR) is 67.3 cm³/mol. The van der Waals surface area contributed by atoms with Crippen LogP contribution in [0.5, 0.6) is 0 Å². The maximum absolute atomic E-state index is 13.4. The van der Waals surface area contributed by atoms with Crippen molar-refractivity contribution in [1.82, 2.24) is 5.32 Å². The molecule has 1 aromatic carbocycles. The summed E-state index contributed by atoms with van der Waals surface area (Å²) in [6.07, 6.45) is 2.72. The first kappa shape index (κ1) is 13.5. The quantitative estimate of drug-likeness (QED) is 0.775.